The summed E-state index contributed by atoms with van der Waals surface area (Å²) in [5.41, 5.74) is 2.77. The van der Waals surface area contributed by atoms with Gasteiger partial charge in [0.2, 0.25) is 0 Å². The molecule has 20 heavy (non-hydrogen) atoms. The van der Waals surface area contributed by atoms with Crippen LogP contribution in [0.25, 0.3) is 0 Å². The third-order valence-electron chi connectivity index (χ3n) is 3.59. The quantitative estimate of drug-likeness (QED) is 0.798. The van der Waals surface area contributed by atoms with E-state index in [2.05, 4.69) is 33.9 Å². The lowest BCUT2D eigenvalue weighted by Crippen LogP contribution is -2.42. The molecule has 0 saturated heterocycles. The Hall–Kier alpha value is -1.81. The zero-order chi connectivity index (χ0) is 14.1. The van der Waals surface area contributed by atoms with Crippen molar-refractivity contribution in [2.75, 3.05) is 29.9 Å². The van der Waals surface area contributed by atoms with Gasteiger partial charge in [-0.1, -0.05) is 24.3 Å². The number of carbonyl (C=O) groups is 1. The first-order valence-electron chi connectivity index (χ1n) is 6.55. The second kappa shape index (κ2) is 5.29. The SMILES string of the molecule is CN1CCN(C(=O)c2ccccc2Br)c2ccccc21. The highest BCUT2D eigenvalue weighted by Gasteiger charge is 2.26. The summed E-state index contributed by atoms with van der Waals surface area (Å²) in [6.45, 7) is 1.54. The summed E-state index contributed by atoms with van der Waals surface area (Å²) in [6.07, 6.45) is 0. The van der Waals surface area contributed by atoms with Crippen LogP contribution in [0, 0.1) is 0 Å². The zero-order valence-corrected chi connectivity index (χ0v) is 12.8. The van der Waals surface area contributed by atoms with Crippen molar-refractivity contribution in [1.29, 1.82) is 0 Å². The Morgan fingerprint density at radius 1 is 1.00 bits per heavy atom. The van der Waals surface area contributed by atoms with Crippen LogP contribution < -0.4 is 9.80 Å². The molecule has 2 aromatic carbocycles. The molecule has 2 aromatic rings. The molecule has 1 aliphatic heterocycles. The molecule has 0 bridgehead atoms. The lowest BCUT2D eigenvalue weighted by molar-refractivity contribution is 0.0986. The summed E-state index contributed by atoms with van der Waals surface area (Å²) in [4.78, 5) is 16.8. The van der Waals surface area contributed by atoms with Crippen molar-refractivity contribution in [2.45, 2.75) is 0 Å². The molecule has 0 N–H and O–H groups in total. The van der Waals surface area contributed by atoms with E-state index < -0.39 is 0 Å². The Morgan fingerprint density at radius 3 is 2.40 bits per heavy atom. The fourth-order valence-corrected chi connectivity index (χ4v) is 2.95. The average molecular weight is 331 g/mol. The summed E-state index contributed by atoms with van der Waals surface area (Å²) in [6, 6.07) is 15.6. The van der Waals surface area contributed by atoms with Gasteiger partial charge in [-0.2, -0.15) is 0 Å². The molecule has 0 aromatic heterocycles. The normalized spacial score (nSPS) is 14.1. The largest absolute Gasteiger partial charge is 0.371 e. The van der Waals surface area contributed by atoms with Gasteiger partial charge < -0.3 is 9.80 Å². The predicted octanol–water partition coefficient (Wildman–Crippen LogP) is 3.55. The van der Waals surface area contributed by atoms with Crippen molar-refractivity contribution in [3.05, 3.63) is 58.6 Å². The summed E-state index contributed by atoms with van der Waals surface area (Å²) >= 11 is 3.46. The topological polar surface area (TPSA) is 23.6 Å². The van der Waals surface area contributed by atoms with E-state index in [9.17, 15) is 4.79 Å². The molecule has 3 nitrogen and oxygen atoms in total. The number of halogens is 1. The van der Waals surface area contributed by atoms with Crippen molar-refractivity contribution < 1.29 is 4.79 Å². The Kier molecular flexibility index (Phi) is 3.49. The fraction of sp³-hybridized carbons (Fsp3) is 0.188. The predicted molar refractivity (Wildman–Crippen MR) is 85.5 cm³/mol. The highest BCUT2D eigenvalue weighted by Crippen LogP contribution is 2.33. The minimum absolute atomic E-state index is 0.0398. The van der Waals surface area contributed by atoms with Gasteiger partial charge in [0.15, 0.2) is 0 Å². The van der Waals surface area contributed by atoms with Crippen molar-refractivity contribution in [2.24, 2.45) is 0 Å². The molecule has 4 heteroatoms. The van der Waals surface area contributed by atoms with E-state index in [1.165, 1.54) is 0 Å². The maximum Gasteiger partial charge on any atom is 0.259 e. The van der Waals surface area contributed by atoms with Gasteiger partial charge in [-0.3, -0.25) is 4.79 Å². The molecule has 1 amide bonds. The number of hydrogen-bond acceptors (Lipinski definition) is 2. The minimum atomic E-state index is 0.0398. The van der Waals surface area contributed by atoms with Gasteiger partial charge in [-0.05, 0) is 40.2 Å². The molecule has 0 radical (unpaired) electrons. The monoisotopic (exact) mass is 330 g/mol. The number of nitrogens with zero attached hydrogens (tertiary/aromatic N) is 2. The lowest BCUT2D eigenvalue weighted by Gasteiger charge is -2.35. The number of hydrogen-bond donors (Lipinski definition) is 0. The molecule has 1 heterocycles. The van der Waals surface area contributed by atoms with Gasteiger partial charge in [-0.25, -0.2) is 0 Å². The molecule has 0 aliphatic carbocycles. The van der Waals surface area contributed by atoms with Crippen LogP contribution in [-0.2, 0) is 0 Å². The smallest absolute Gasteiger partial charge is 0.259 e. The first-order chi connectivity index (χ1) is 9.68. The van der Waals surface area contributed by atoms with E-state index in [-0.39, 0.29) is 5.91 Å². The van der Waals surface area contributed by atoms with Gasteiger partial charge >= 0.3 is 0 Å². The highest BCUT2D eigenvalue weighted by molar-refractivity contribution is 9.10. The van der Waals surface area contributed by atoms with Crippen LogP contribution in [0.15, 0.2) is 53.0 Å². The Balaban J connectivity index is 2.02. The Bertz CT molecular complexity index is 656. The Labute approximate surface area is 126 Å². The van der Waals surface area contributed by atoms with Crippen LogP contribution in [-0.4, -0.2) is 26.0 Å². The molecule has 0 saturated carbocycles. The molecular weight excluding hydrogens is 316 g/mol. The zero-order valence-electron chi connectivity index (χ0n) is 11.2. The minimum Gasteiger partial charge on any atom is -0.371 e. The summed E-state index contributed by atoms with van der Waals surface area (Å²) in [5, 5.41) is 0. The van der Waals surface area contributed by atoms with Crippen LogP contribution in [0.5, 0.6) is 0 Å². The van der Waals surface area contributed by atoms with Crippen molar-refractivity contribution >= 4 is 33.2 Å². The summed E-state index contributed by atoms with van der Waals surface area (Å²) in [7, 11) is 2.05. The van der Waals surface area contributed by atoms with E-state index in [1.807, 2.05) is 47.4 Å². The number of carbonyl (C=O) groups excluding carboxylic acids is 1. The van der Waals surface area contributed by atoms with Crippen LogP contribution in [0.2, 0.25) is 0 Å². The van der Waals surface area contributed by atoms with Crippen molar-refractivity contribution in [3.63, 3.8) is 0 Å². The van der Waals surface area contributed by atoms with Gasteiger partial charge in [-0.15, -0.1) is 0 Å². The van der Waals surface area contributed by atoms with Crippen LogP contribution in [0.3, 0.4) is 0 Å². The molecule has 0 fully saturated rings. The van der Waals surface area contributed by atoms with Crippen LogP contribution in [0.4, 0.5) is 11.4 Å². The number of rotatable bonds is 1. The van der Waals surface area contributed by atoms with E-state index in [1.54, 1.807) is 0 Å². The van der Waals surface area contributed by atoms with Crippen molar-refractivity contribution in [3.8, 4) is 0 Å². The average Bonchev–Trinajstić information content (AvgIpc) is 2.48. The number of para-hydroxylation sites is 2. The maximum atomic E-state index is 12.8. The maximum absolute atomic E-state index is 12.8. The second-order valence-corrected chi connectivity index (χ2v) is 5.70. The third kappa shape index (κ3) is 2.20. The molecular formula is C16H15BrN2O. The fourth-order valence-electron chi connectivity index (χ4n) is 2.50. The molecule has 0 unspecified atom stereocenters. The van der Waals surface area contributed by atoms with Crippen LogP contribution in [0.1, 0.15) is 10.4 Å². The van der Waals surface area contributed by atoms with E-state index >= 15 is 0 Å². The summed E-state index contributed by atoms with van der Waals surface area (Å²) < 4.78 is 0.835. The standard InChI is InChI=1S/C16H15BrN2O/c1-18-10-11-19(15-9-5-4-8-14(15)18)16(20)12-6-2-3-7-13(12)17/h2-9H,10-11H2,1H3. The highest BCUT2D eigenvalue weighted by atomic mass is 79.9. The van der Waals surface area contributed by atoms with E-state index in [4.69, 9.17) is 0 Å². The summed E-state index contributed by atoms with van der Waals surface area (Å²) in [5.74, 6) is 0.0398. The lowest BCUT2D eigenvalue weighted by atomic mass is 10.1. The van der Waals surface area contributed by atoms with Gasteiger partial charge in [0.05, 0.1) is 16.9 Å². The first-order valence-corrected chi connectivity index (χ1v) is 7.34. The molecule has 0 spiro atoms. The third-order valence-corrected chi connectivity index (χ3v) is 4.28. The number of fused-ring (bicyclic) bond motifs is 1. The number of anilines is 2. The number of likely N-dealkylation sites (N-methyl/N-ethyl adjacent to an activating group) is 1. The molecule has 0 atom stereocenters. The Morgan fingerprint density at radius 2 is 1.65 bits per heavy atom. The van der Waals surface area contributed by atoms with Gasteiger partial charge in [0.25, 0.3) is 5.91 Å². The molecule has 1 aliphatic rings. The van der Waals surface area contributed by atoms with Crippen LogP contribution >= 0.6 is 15.9 Å². The molecule has 102 valence electrons. The van der Waals surface area contributed by atoms with Crippen molar-refractivity contribution in [1.82, 2.24) is 0 Å². The van der Waals surface area contributed by atoms with E-state index in [0.717, 1.165) is 22.4 Å². The van der Waals surface area contributed by atoms with E-state index in [0.29, 0.717) is 12.1 Å². The second-order valence-electron chi connectivity index (χ2n) is 4.85. The first kappa shape index (κ1) is 13.2. The number of benzene rings is 2. The molecule has 3 rings (SSSR count). The number of amides is 1. The van der Waals surface area contributed by atoms with Gasteiger partial charge in [0, 0.05) is 24.6 Å². The van der Waals surface area contributed by atoms with Gasteiger partial charge in [0.1, 0.15) is 0 Å².